The lowest BCUT2D eigenvalue weighted by Crippen LogP contribution is -2.34. The van der Waals surface area contributed by atoms with E-state index in [0.29, 0.717) is 19.6 Å². The van der Waals surface area contributed by atoms with E-state index in [-0.39, 0.29) is 18.0 Å². The lowest BCUT2D eigenvalue weighted by atomic mass is 10.0. The Labute approximate surface area is 134 Å². The molecule has 0 aliphatic carbocycles. The van der Waals surface area contributed by atoms with Crippen LogP contribution in [0.1, 0.15) is 11.1 Å². The van der Waals surface area contributed by atoms with E-state index in [9.17, 15) is 9.18 Å². The predicted molar refractivity (Wildman–Crippen MR) is 83.8 cm³/mol. The second kappa shape index (κ2) is 6.69. The summed E-state index contributed by atoms with van der Waals surface area (Å²) in [4.78, 5) is 13.6. The van der Waals surface area contributed by atoms with E-state index >= 15 is 0 Å². The fourth-order valence-electron chi connectivity index (χ4n) is 2.72. The molecule has 1 saturated heterocycles. The van der Waals surface area contributed by atoms with Crippen molar-refractivity contribution < 1.29 is 18.7 Å². The van der Waals surface area contributed by atoms with Crippen LogP contribution in [0.3, 0.4) is 0 Å². The van der Waals surface area contributed by atoms with Gasteiger partial charge in [0.05, 0.1) is 13.2 Å². The second-order valence-electron chi connectivity index (χ2n) is 5.54. The van der Waals surface area contributed by atoms with Gasteiger partial charge in [-0.05, 0) is 41.8 Å². The molecule has 1 aliphatic heterocycles. The fourth-order valence-corrected chi connectivity index (χ4v) is 2.72. The molecule has 0 spiro atoms. The van der Waals surface area contributed by atoms with E-state index < -0.39 is 0 Å². The molecule has 0 aromatic heterocycles. The molecule has 1 atom stereocenters. The van der Waals surface area contributed by atoms with E-state index in [0.717, 1.165) is 16.9 Å². The molecule has 1 fully saturated rings. The highest BCUT2D eigenvalue weighted by Gasteiger charge is 2.32. The number of halogens is 1. The SMILES string of the molecule is COc1ccc(CC2COC(=O)N2Cc2cccc(F)c2)cc1. The number of carbonyl (C=O) groups is 1. The van der Waals surface area contributed by atoms with Crippen LogP contribution in [0.4, 0.5) is 9.18 Å². The molecule has 1 amide bonds. The second-order valence-corrected chi connectivity index (χ2v) is 5.54. The first kappa shape index (κ1) is 15.3. The monoisotopic (exact) mass is 315 g/mol. The molecule has 0 N–H and O–H groups in total. The molecule has 5 heteroatoms. The Morgan fingerprint density at radius 3 is 2.70 bits per heavy atom. The number of cyclic esters (lactones) is 1. The summed E-state index contributed by atoms with van der Waals surface area (Å²) in [6.45, 7) is 0.692. The Balaban J connectivity index is 1.71. The molecule has 4 nitrogen and oxygen atoms in total. The molecular formula is C18H18FNO3. The zero-order valence-corrected chi connectivity index (χ0v) is 12.9. The molecule has 1 aliphatic rings. The lowest BCUT2D eigenvalue weighted by molar-refractivity contribution is 0.156. The van der Waals surface area contributed by atoms with Crippen LogP contribution in [0.15, 0.2) is 48.5 Å². The predicted octanol–water partition coefficient (Wildman–Crippen LogP) is 3.40. The van der Waals surface area contributed by atoms with Gasteiger partial charge in [-0.25, -0.2) is 9.18 Å². The summed E-state index contributed by atoms with van der Waals surface area (Å²) in [6, 6.07) is 14.0. The van der Waals surface area contributed by atoms with Gasteiger partial charge in [-0.15, -0.1) is 0 Å². The summed E-state index contributed by atoms with van der Waals surface area (Å²) in [6.07, 6.45) is 0.332. The summed E-state index contributed by atoms with van der Waals surface area (Å²) >= 11 is 0. The van der Waals surface area contributed by atoms with Gasteiger partial charge in [-0.2, -0.15) is 0 Å². The van der Waals surface area contributed by atoms with E-state index in [4.69, 9.17) is 9.47 Å². The van der Waals surface area contributed by atoms with Crippen molar-refractivity contribution >= 4 is 6.09 Å². The Morgan fingerprint density at radius 2 is 2.00 bits per heavy atom. The maximum Gasteiger partial charge on any atom is 0.410 e. The fraction of sp³-hybridized carbons (Fsp3) is 0.278. The smallest absolute Gasteiger partial charge is 0.410 e. The molecule has 1 heterocycles. The summed E-state index contributed by atoms with van der Waals surface area (Å²) < 4.78 is 23.6. The van der Waals surface area contributed by atoms with Gasteiger partial charge < -0.3 is 9.47 Å². The molecule has 0 radical (unpaired) electrons. The Bertz CT molecular complexity index is 687. The van der Waals surface area contributed by atoms with E-state index in [1.54, 1.807) is 24.1 Å². The summed E-state index contributed by atoms with van der Waals surface area (Å²) in [5.41, 5.74) is 1.85. The van der Waals surface area contributed by atoms with Crippen molar-refractivity contribution in [2.24, 2.45) is 0 Å². The van der Waals surface area contributed by atoms with Crippen molar-refractivity contribution in [1.29, 1.82) is 0 Å². The largest absolute Gasteiger partial charge is 0.497 e. The van der Waals surface area contributed by atoms with Crippen molar-refractivity contribution in [3.8, 4) is 5.75 Å². The molecule has 0 bridgehead atoms. The van der Waals surface area contributed by atoms with Gasteiger partial charge in [0.15, 0.2) is 0 Å². The molecule has 2 aromatic carbocycles. The topological polar surface area (TPSA) is 38.8 Å². The minimum atomic E-state index is -0.354. The first-order chi connectivity index (χ1) is 11.2. The average Bonchev–Trinajstić information content (AvgIpc) is 2.89. The number of hydrogen-bond donors (Lipinski definition) is 0. The molecule has 2 aromatic rings. The Kier molecular flexibility index (Phi) is 4.46. The number of nitrogens with zero attached hydrogens (tertiary/aromatic N) is 1. The molecule has 3 rings (SSSR count). The van der Waals surface area contributed by atoms with Crippen LogP contribution in [0, 0.1) is 5.82 Å². The van der Waals surface area contributed by atoms with Crippen LogP contribution in [0.2, 0.25) is 0 Å². The van der Waals surface area contributed by atoms with E-state index in [1.807, 2.05) is 24.3 Å². The quantitative estimate of drug-likeness (QED) is 0.849. The normalized spacial score (nSPS) is 17.2. The number of hydrogen-bond acceptors (Lipinski definition) is 3. The highest BCUT2D eigenvalue weighted by atomic mass is 19.1. The number of methoxy groups -OCH3 is 1. The summed E-state index contributed by atoms with van der Waals surface area (Å²) in [5, 5.41) is 0. The molecule has 120 valence electrons. The standard InChI is InChI=1S/C18H18FNO3/c1-22-17-7-5-13(6-8-17)10-16-12-23-18(21)20(16)11-14-3-2-4-15(19)9-14/h2-9,16H,10-12H2,1H3. The van der Waals surface area contributed by atoms with Crippen LogP contribution in [-0.4, -0.2) is 30.8 Å². The number of rotatable bonds is 5. The zero-order valence-electron chi connectivity index (χ0n) is 12.9. The number of carbonyl (C=O) groups excluding carboxylic acids is 1. The Hall–Kier alpha value is -2.56. The van der Waals surface area contributed by atoms with Crippen LogP contribution in [0.25, 0.3) is 0 Å². The number of benzene rings is 2. The van der Waals surface area contributed by atoms with Gasteiger partial charge in [-0.3, -0.25) is 4.90 Å². The zero-order chi connectivity index (χ0) is 16.2. The van der Waals surface area contributed by atoms with E-state index in [1.165, 1.54) is 12.1 Å². The van der Waals surface area contributed by atoms with Crippen LogP contribution >= 0.6 is 0 Å². The van der Waals surface area contributed by atoms with E-state index in [2.05, 4.69) is 0 Å². The summed E-state index contributed by atoms with van der Waals surface area (Å²) in [7, 11) is 1.62. The van der Waals surface area contributed by atoms with Crippen LogP contribution < -0.4 is 4.74 Å². The maximum absolute atomic E-state index is 13.3. The van der Waals surface area contributed by atoms with Gasteiger partial charge >= 0.3 is 6.09 Å². The first-order valence-corrected chi connectivity index (χ1v) is 7.46. The van der Waals surface area contributed by atoms with Gasteiger partial charge in [0, 0.05) is 6.54 Å². The van der Waals surface area contributed by atoms with Crippen LogP contribution in [-0.2, 0) is 17.7 Å². The van der Waals surface area contributed by atoms with Crippen molar-refractivity contribution in [2.75, 3.05) is 13.7 Å². The van der Waals surface area contributed by atoms with Crippen molar-refractivity contribution in [3.05, 3.63) is 65.5 Å². The third kappa shape index (κ3) is 3.62. The van der Waals surface area contributed by atoms with Gasteiger partial charge in [0.2, 0.25) is 0 Å². The molecule has 0 saturated carbocycles. The van der Waals surface area contributed by atoms with Crippen molar-refractivity contribution in [2.45, 2.75) is 19.0 Å². The van der Waals surface area contributed by atoms with Gasteiger partial charge in [-0.1, -0.05) is 24.3 Å². The lowest BCUT2D eigenvalue weighted by Gasteiger charge is -2.21. The summed E-state index contributed by atoms with van der Waals surface area (Å²) in [5.74, 6) is 0.492. The molecular weight excluding hydrogens is 297 g/mol. The number of amides is 1. The molecule has 1 unspecified atom stereocenters. The van der Waals surface area contributed by atoms with Crippen LogP contribution in [0.5, 0.6) is 5.75 Å². The molecule has 23 heavy (non-hydrogen) atoms. The van der Waals surface area contributed by atoms with Crippen molar-refractivity contribution in [1.82, 2.24) is 4.90 Å². The van der Waals surface area contributed by atoms with Gasteiger partial charge in [0.1, 0.15) is 18.2 Å². The maximum atomic E-state index is 13.3. The number of ether oxygens (including phenoxy) is 2. The third-order valence-electron chi connectivity index (χ3n) is 3.95. The third-order valence-corrected chi connectivity index (χ3v) is 3.95. The minimum absolute atomic E-state index is 0.0563. The minimum Gasteiger partial charge on any atom is -0.497 e. The van der Waals surface area contributed by atoms with Gasteiger partial charge in [0.25, 0.3) is 0 Å². The first-order valence-electron chi connectivity index (χ1n) is 7.46. The van der Waals surface area contributed by atoms with Crippen molar-refractivity contribution in [3.63, 3.8) is 0 Å². The highest BCUT2D eigenvalue weighted by Crippen LogP contribution is 2.21. The average molecular weight is 315 g/mol. The highest BCUT2D eigenvalue weighted by molar-refractivity contribution is 5.70. The Morgan fingerprint density at radius 1 is 1.22 bits per heavy atom.